The van der Waals surface area contributed by atoms with Gasteiger partial charge in [0.05, 0.1) is 5.69 Å². The molecule has 2 rings (SSSR count). The second kappa shape index (κ2) is 5.63. The van der Waals surface area contributed by atoms with Crippen molar-refractivity contribution in [3.05, 3.63) is 57.0 Å². The third-order valence-corrected chi connectivity index (χ3v) is 3.41. The highest BCUT2D eigenvalue weighted by Gasteiger charge is 2.04. The minimum Gasteiger partial charge on any atom is -0.487 e. The Morgan fingerprint density at radius 3 is 2.67 bits per heavy atom. The molecule has 0 saturated heterocycles. The van der Waals surface area contributed by atoms with Crippen LogP contribution in [0.1, 0.15) is 11.1 Å². The Bertz CT molecular complexity index is 520. The fourth-order valence-corrected chi connectivity index (χ4v) is 2.32. The number of nitrogens with two attached hydrogens (primary N) is 1. The van der Waals surface area contributed by atoms with E-state index in [1.54, 1.807) is 0 Å². The predicted octanol–water partition coefficient (Wildman–Crippen LogP) is 4.57. The highest BCUT2D eigenvalue weighted by Crippen LogP contribution is 2.26. The summed E-state index contributed by atoms with van der Waals surface area (Å²) < 4.78 is 6.62. The molecule has 0 fully saturated rings. The van der Waals surface area contributed by atoms with Crippen molar-refractivity contribution >= 4 is 33.2 Å². The number of rotatable bonds is 3. The van der Waals surface area contributed by atoms with Crippen LogP contribution >= 0.6 is 27.5 Å². The third-order valence-electron chi connectivity index (χ3n) is 2.56. The molecule has 0 amide bonds. The van der Waals surface area contributed by atoms with Gasteiger partial charge in [-0.3, -0.25) is 0 Å². The zero-order valence-corrected chi connectivity index (χ0v) is 12.3. The molecule has 18 heavy (non-hydrogen) atoms. The normalized spacial score (nSPS) is 10.4. The Morgan fingerprint density at radius 2 is 2.00 bits per heavy atom. The van der Waals surface area contributed by atoms with Gasteiger partial charge < -0.3 is 10.5 Å². The molecule has 0 saturated carbocycles. The van der Waals surface area contributed by atoms with Gasteiger partial charge in [-0.2, -0.15) is 0 Å². The molecule has 0 bridgehead atoms. The Hall–Kier alpha value is -1.19. The Labute approximate surface area is 120 Å². The summed E-state index contributed by atoms with van der Waals surface area (Å²) in [7, 11) is 0. The zero-order chi connectivity index (χ0) is 13.1. The van der Waals surface area contributed by atoms with Crippen molar-refractivity contribution in [2.24, 2.45) is 0 Å². The van der Waals surface area contributed by atoms with E-state index in [1.165, 1.54) is 0 Å². The molecule has 0 unspecified atom stereocenters. The van der Waals surface area contributed by atoms with E-state index in [-0.39, 0.29) is 0 Å². The fourth-order valence-electron chi connectivity index (χ4n) is 1.59. The lowest BCUT2D eigenvalue weighted by Gasteiger charge is -2.10. The first-order valence-electron chi connectivity index (χ1n) is 5.49. The van der Waals surface area contributed by atoms with Crippen LogP contribution in [0.2, 0.25) is 5.02 Å². The van der Waals surface area contributed by atoms with Crippen molar-refractivity contribution in [3.8, 4) is 5.75 Å². The van der Waals surface area contributed by atoms with Gasteiger partial charge in [-0.1, -0.05) is 39.7 Å². The third kappa shape index (κ3) is 3.18. The van der Waals surface area contributed by atoms with Crippen LogP contribution in [0, 0.1) is 6.92 Å². The van der Waals surface area contributed by atoms with Gasteiger partial charge in [-0.05, 0) is 36.8 Å². The first-order valence-corrected chi connectivity index (χ1v) is 6.66. The molecule has 0 spiro atoms. The van der Waals surface area contributed by atoms with Crippen molar-refractivity contribution in [2.45, 2.75) is 13.5 Å². The van der Waals surface area contributed by atoms with Gasteiger partial charge >= 0.3 is 0 Å². The van der Waals surface area contributed by atoms with Crippen LogP contribution in [0.15, 0.2) is 40.9 Å². The van der Waals surface area contributed by atoms with Crippen molar-refractivity contribution in [3.63, 3.8) is 0 Å². The van der Waals surface area contributed by atoms with E-state index in [9.17, 15) is 0 Å². The number of hydrogen-bond acceptors (Lipinski definition) is 2. The van der Waals surface area contributed by atoms with Crippen molar-refractivity contribution in [2.75, 3.05) is 5.73 Å². The number of aryl methyl sites for hydroxylation is 1. The number of ether oxygens (including phenoxy) is 1. The lowest BCUT2D eigenvalue weighted by Crippen LogP contribution is -1.99. The molecule has 2 aromatic rings. The maximum absolute atomic E-state index is 6.12. The summed E-state index contributed by atoms with van der Waals surface area (Å²) >= 11 is 9.49. The molecule has 0 heterocycles. The molecule has 0 atom stereocenters. The summed E-state index contributed by atoms with van der Waals surface area (Å²) in [6.07, 6.45) is 0. The molecule has 0 aliphatic heterocycles. The van der Waals surface area contributed by atoms with Gasteiger partial charge in [0.2, 0.25) is 0 Å². The summed E-state index contributed by atoms with van der Waals surface area (Å²) in [5.41, 5.74) is 8.57. The van der Waals surface area contributed by atoms with E-state index >= 15 is 0 Å². The van der Waals surface area contributed by atoms with Gasteiger partial charge in [0.25, 0.3) is 0 Å². The van der Waals surface area contributed by atoms with E-state index < -0.39 is 0 Å². The summed E-state index contributed by atoms with van der Waals surface area (Å²) in [5, 5.41) is 0.676. The lowest BCUT2D eigenvalue weighted by atomic mass is 10.2. The van der Waals surface area contributed by atoms with E-state index in [1.807, 2.05) is 43.3 Å². The van der Waals surface area contributed by atoms with Crippen LogP contribution in [0.5, 0.6) is 5.75 Å². The van der Waals surface area contributed by atoms with Crippen molar-refractivity contribution < 1.29 is 4.74 Å². The highest BCUT2D eigenvalue weighted by atomic mass is 79.9. The molecule has 2 N–H and O–H groups in total. The predicted molar refractivity (Wildman–Crippen MR) is 79.1 cm³/mol. The van der Waals surface area contributed by atoms with E-state index in [0.717, 1.165) is 15.6 Å². The van der Waals surface area contributed by atoms with Crippen molar-refractivity contribution in [1.82, 2.24) is 0 Å². The molecule has 0 aliphatic carbocycles. The van der Waals surface area contributed by atoms with Crippen molar-refractivity contribution in [1.29, 1.82) is 0 Å². The average molecular weight is 327 g/mol. The largest absolute Gasteiger partial charge is 0.487 e. The van der Waals surface area contributed by atoms with E-state index in [4.69, 9.17) is 22.1 Å². The van der Waals surface area contributed by atoms with Crippen LogP contribution in [0.3, 0.4) is 0 Å². The van der Waals surface area contributed by atoms with E-state index in [0.29, 0.717) is 23.1 Å². The first kappa shape index (κ1) is 13.2. The Morgan fingerprint density at radius 1 is 1.22 bits per heavy atom. The quantitative estimate of drug-likeness (QED) is 0.838. The second-order valence-corrected chi connectivity index (χ2v) is 5.39. The lowest BCUT2D eigenvalue weighted by molar-refractivity contribution is 0.308. The minimum absolute atomic E-state index is 0.402. The number of anilines is 1. The fraction of sp³-hybridized carbons (Fsp3) is 0.143. The molecule has 0 radical (unpaired) electrons. The molecule has 0 aromatic heterocycles. The van der Waals surface area contributed by atoms with Crippen LogP contribution < -0.4 is 10.5 Å². The Kier molecular flexibility index (Phi) is 4.15. The Balaban J connectivity index is 2.11. The summed E-state index contributed by atoms with van der Waals surface area (Å²) in [4.78, 5) is 0. The summed E-state index contributed by atoms with van der Waals surface area (Å²) in [5.74, 6) is 0.680. The zero-order valence-electron chi connectivity index (χ0n) is 9.91. The monoisotopic (exact) mass is 325 g/mol. The topological polar surface area (TPSA) is 35.2 Å². The molecule has 2 aromatic carbocycles. The molecule has 2 nitrogen and oxygen atoms in total. The molecular formula is C14H13BrClNO. The summed E-state index contributed by atoms with van der Waals surface area (Å²) in [6, 6.07) is 11.4. The average Bonchev–Trinajstić information content (AvgIpc) is 2.30. The van der Waals surface area contributed by atoms with Crippen LogP contribution in [-0.2, 0) is 6.61 Å². The molecule has 4 heteroatoms. The number of nitrogen functional groups attached to an aromatic ring is 1. The van der Waals surface area contributed by atoms with Crippen LogP contribution in [-0.4, -0.2) is 0 Å². The number of halogens is 2. The van der Waals surface area contributed by atoms with Gasteiger partial charge in [0, 0.05) is 15.1 Å². The maximum atomic E-state index is 6.12. The number of benzene rings is 2. The molecule has 0 aliphatic rings. The van der Waals surface area contributed by atoms with Gasteiger partial charge in [0.1, 0.15) is 12.4 Å². The first-order chi connectivity index (χ1) is 8.56. The van der Waals surface area contributed by atoms with E-state index in [2.05, 4.69) is 15.9 Å². The highest BCUT2D eigenvalue weighted by molar-refractivity contribution is 9.10. The maximum Gasteiger partial charge on any atom is 0.142 e. The second-order valence-electron chi connectivity index (χ2n) is 4.07. The van der Waals surface area contributed by atoms with Gasteiger partial charge in [-0.15, -0.1) is 0 Å². The minimum atomic E-state index is 0.402. The molecule has 94 valence electrons. The smallest absolute Gasteiger partial charge is 0.142 e. The SMILES string of the molecule is Cc1ccc(OCc2ccc(Br)cc2Cl)c(N)c1. The standard InChI is InChI=1S/C14H13BrClNO/c1-9-2-5-14(13(17)6-9)18-8-10-3-4-11(15)7-12(10)16/h2-7H,8,17H2,1H3. The number of hydrogen-bond donors (Lipinski definition) is 1. The molecular weight excluding hydrogens is 314 g/mol. The van der Waals surface area contributed by atoms with Crippen LogP contribution in [0.25, 0.3) is 0 Å². The summed E-state index contributed by atoms with van der Waals surface area (Å²) in [6.45, 7) is 2.39. The van der Waals surface area contributed by atoms with Gasteiger partial charge in [0.15, 0.2) is 0 Å². The van der Waals surface area contributed by atoms with Crippen LogP contribution in [0.4, 0.5) is 5.69 Å². The van der Waals surface area contributed by atoms with Gasteiger partial charge in [-0.25, -0.2) is 0 Å².